The molecular weight excluding hydrogens is 455 g/mol. The van der Waals surface area contributed by atoms with E-state index in [9.17, 15) is 29.6 Å². The number of carbonyl (C=O) groups is 3. The number of nitrogens with zero attached hydrogens (tertiary/aromatic N) is 1. The lowest BCUT2D eigenvalue weighted by molar-refractivity contribution is -0.384. The van der Waals surface area contributed by atoms with Gasteiger partial charge in [-0.15, -0.1) is 0 Å². The number of hydrogen-bond donors (Lipinski definition) is 2. The SMILES string of the molecule is CCCCOC(=O)CCC(=O)OCC(NC(=O)C(Cl)Cl)C(O)c1ccc([N+](=O)[O-])cc1. The number of alkyl halides is 2. The third-order valence-corrected chi connectivity index (χ3v) is 4.47. The minimum Gasteiger partial charge on any atom is -0.466 e. The van der Waals surface area contributed by atoms with Crippen LogP contribution in [0, 0.1) is 10.1 Å². The highest BCUT2D eigenvalue weighted by atomic mass is 35.5. The minimum atomic E-state index is -1.43. The standard InChI is InChI=1S/C19H24Cl2N2O8/c1-2-3-10-30-15(24)8-9-16(25)31-11-14(22-19(27)18(20)21)17(26)12-4-6-13(7-5-12)23(28)29/h4-7,14,17-18,26H,2-3,8-11H2,1H3,(H,22,27). The molecule has 0 aliphatic heterocycles. The van der Waals surface area contributed by atoms with Crippen LogP contribution < -0.4 is 5.32 Å². The molecular formula is C19H24Cl2N2O8. The molecule has 0 aliphatic carbocycles. The summed E-state index contributed by atoms with van der Waals surface area (Å²) in [5, 5.41) is 23.7. The van der Waals surface area contributed by atoms with Crippen LogP contribution in [0.5, 0.6) is 0 Å². The Labute approximate surface area is 188 Å². The monoisotopic (exact) mass is 478 g/mol. The third kappa shape index (κ3) is 9.95. The molecule has 0 bridgehead atoms. The summed E-state index contributed by atoms with van der Waals surface area (Å²) in [7, 11) is 0. The second-order valence-corrected chi connectivity index (χ2v) is 7.56. The fourth-order valence-corrected chi connectivity index (χ4v) is 2.47. The molecule has 2 unspecified atom stereocenters. The van der Waals surface area contributed by atoms with Crippen molar-refractivity contribution in [3.8, 4) is 0 Å². The van der Waals surface area contributed by atoms with Gasteiger partial charge in [-0.3, -0.25) is 24.5 Å². The first-order chi connectivity index (χ1) is 14.6. The van der Waals surface area contributed by atoms with Gasteiger partial charge in [-0.2, -0.15) is 0 Å². The molecule has 0 radical (unpaired) electrons. The van der Waals surface area contributed by atoms with E-state index in [1.54, 1.807) is 0 Å². The smallest absolute Gasteiger partial charge is 0.306 e. The molecule has 1 amide bonds. The Morgan fingerprint density at radius 2 is 1.71 bits per heavy atom. The molecule has 2 N–H and O–H groups in total. The number of hydrogen-bond acceptors (Lipinski definition) is 8. The van der Waals surface area contributed by atoms with E-state index in [-0.39, 0.29) is 30.7 Å². The lowest BCUT2D eigenvalue weighted by Gasteiger charge is -2.24. The Balaban J connectivity index is 2.71. The van der Waals surface area contributed by atoms with Gasteiger partial charge in [-0.05, 0) is 24.1 Å². The van der Waals surface area contributed by atoms with Gasteiger partial charge in [-0.1, -0.05) is 36.5 Å². The van der Waals surface area contributed by atoms with Crippen molar-refractivity contribution >= 4 is 46.7 Å². The summed E-state index contributed by atoms with van der Waals surface area (Å²) in [6.07, 6.45) is -0.211. The van der Waals surface area contributed by atoms with Crippen LogP contribution >= 0.6 is 23.2 Å². The molecule has 0 spiro atoms. The molecule has 12 heteroatoms. The van der Waals surface area contributed by atoms with Crippen LogP contribution in [0.3, 0.4) is 0 Å². The van der Waals surface area contributed by atoms with Gasteiger partial charge >= 0.3 is 11.9 Å². The second-order valence-electron chi connectivity index (χ2n) is 6.47. The van der Waals surface area contributed by atoms with Gasteiger partial charge in [0, 0.05) is 12.1 Å². The summed E-state index contributed by atoms with van der Waals surface area (Å²) < 4.78 is 9.99. The number of ether oxygens (including phenoxy) is 2. The molecule has 1 rings (SSSR count). The lowest BCUT2D eigenvalue weighted by Crippen LogP contribution is -2.45. The lowest BCUT2D eigenvalue weighted by atomic mass is 10.0. The summed E-state index contributed by atoms with van der Waals surface area (Å²) in [6.45, 7) is 1.77. The van der Waals surface area contributed by atoms with E-state index in [2.05, 4.69) is 5.32 Å². The van der Waals surface area contributed by atoms with Crippen molar-refractivity contribution in [2.24, 2.45) is 0 Å². The van der Waals surface area contributed by atoms with Crippen molar-refractivity contribution in [2.75, 3.05) is 13.2 Å². The van der Waals surface area contributed by atoms with E-state index in [0.717, 1.165) is 12.8 Å². The van der Waals surface area contributed by atoms with E-state index in [1.165, 1.54) is 24.3 Å². The van der Waals surface area contributed by atoms with Crippen LogP contribution in [0.4, 0.5) is 5.69 Å². The Kier molecular flexibility index (Phi) is 11.8. The van der Waals surface area contributed by atoms with E-state index in [4.69, 9.17) is 32.7 Å². The summed E-state index contributed by atoms with van der Waals surface area (Å²) in [5.41, 5.74) is 0.0440. The maximum Gasteiger partial charge on any atom is 0.306 e. The number of aliphatic hydroxyl groups is 1. The molecule has 1 aromatic carbocycles. The van der Waals surface area contributed by atoms with Crippen molar-refractivity contribution < 1.29 is 33.9 Å². The fraction of sp³-hybridized carbons (Fsp3) is 0.526. The van der Waals surface area contributed by atoms with Gasteiger partial charge in [0.1, 0.15) is 12.7 Å². The molecule has 1 aromatic rings. The predicted octanol–water partition coefficient (Wildman–Crippen LogP) is 2.58. The second kappa shape index (κ2) is 13.8. The summed E-state index contributed by atoms with van der Waals surface area (Å²) in [5.74, 6) is -2.10. The van der Waals surface area contributed by atoms with Crippen molar-refractivity contribution in [3.63, 3.8) is 0 Å². The van der Waals surface area contributed by atoms with Crippen molar-refractivity contribution in [1.82, 2.24) is 5.32 Å². The highest BCUT2D eigenvalue weighted by Crippen LogP contribution is 2.21. The number of aliphatic hydroxyl groups excluding tert-OH is 1. The maximum absolute atomic E-state index is 11.9. The number of rotatable bonds is 13. The molecule has 2 atom stereocenters. The largest absolute Gasteiger partial charge is 0.466 e. The van der Waals surface area contributed by atoms with Gasteiger partial charge in [0.15, 0.2) is 4.84 Å². The van der Waals surface area contributed by atoms with E-state index < -0.39 is 46.4 Å². The quantitative estimate of drug-likeness (QED) is 0.144. The molecule has 172 valence electrons. The predicted molar refractivity (Wildman–Crippen MR) is 112 cm³/mol. The fourth-order valence-electron chi connectivity index (χ4n) is 2.34. The number of amides is 1. The number of benzene rings is 1. The van der Waals surface area contributed by atoms with Gasteiger partial charge in [0.05, 0.1) is 30.4 Å². The third-order valence-electron chi connectivity index (χ3n) is 4.07. The number of esters is 2. The minimum absolute atomic E-state index is 0.171. The van der Waals surface area contributed by atoms with E-state index in [0.29, 0.717) is 0 Å². The Morgan fingerprint density at radius 1 is 1.13 bits per heavy atom. The van der Waals surface area contributed by atoms with Crippen molar-refractivity contribution in [1.29, 1.82) is 0 Å². The maximum atomic E-state index is 11.9. The number of unbranched alkanes of at least 4 members (excludes halogenated alkanes) is 1. The average molecular weight is 479 g/mol. The van der Waals surface area contributed by atoms with Crippen LogP contribution in [-0.2, 0) is 23.9 Å². The first-order valence-electron chi connectivity index (χ1n) is 9.47. The average Bonchev–Trinajstić information content (AvgIpc) is 2.74. The Bertz CT molecular complexity index is 758. The van der Waals surface area contributed by atoms with Crippen molar-refractivity contribution in [2.45, 2.75) is 49.6 Å². The molecule has 31 heavy (non-hydrogen) atoms. The van der Waals surface area contributed by atoms with Crippen LogP contribution in [0.15, 0.2) is 24.3 Å². The first-order valence-corrected chi connectivity index (χ1v) is 10.3. The van der Waals surface area contributed by atoms with Crippen LogP contribution in [0.1, 0.15) is 44.3 Å². The highest BCUT2D eigenvalue weighted by Gasteiger charge is 2.27. The molecule has 0 saturated heterocycles. The zero-order chi connectivity index (χ0) is 23.4. The van der Waals surface area contributed by atoms with Gasteiger partial charge in [-0.25, -0.2) is 0 Å². The van der Waals surface area contributed by atoms with Gasteiger partial charge in [0.2, 0.25) is 0 Å². The topological polar surface area (TPSA) is 145 Å². The number of non-ortho nitro benzene ring substituents is 1. The van der Waals surface area contributed by atoms with Gasteiger partial charge < -0.3 is 19.9 Å². The summed E-state index contributed by atoms with van der Waals surface area (Å²) >= 11 is 11.0. The highest BCUT2D eigenvalue weighted by molar-refractivity contribution is 6.53. The molecule has 0 fully saturated rings. The number of nitrogens with one attached hydrogen (secondary N) is 1. The Hall–Kier alpha value is -2.43. The number of nitro benzene ring substituents is 1. The normalized spacial score (nSPS) is 12.7. The van der Waals surface area contributed by atoms with E-state index in [1.807, 2.05) is 6.92 Å². The number of nitro groups is 1. The molecule has 0 saturated carbocycles. The number of carbonyl (C=O) groups excluding carboxylic acids is 3. The summed E-state index contributed by atoms with van der Waals surface area (Å²) in [4.78, 5) is 44.0. The molecule has 0 heterocycles. The zero-order valence-corrected chi connectivity index (χ0v) is 18.3. The molecule has 10 nitrogen and oxygen atoms in total. The van der Waals surface area contributed by atoms with Crippen molar-refractivity contribution in [3.05, 3.63) is 39.9 Å². The Morgan fingerprint density at radius 3 is 2.23 bits per heavy atom. The van der Waals surface area contributed by atoms with Gasteiger partial charge in [0.25, 0.3) is 11.6 Å². The zero-order valence-electron chi connectivity index (χ0n) is 16.8. The van der Waals surface area contributed by atoms with Crippen LogP contribution in [-0.4, -0.2) is 52.0 Å². The van der Waals surface area contributed by atoms with Crippen LogP contribution in [0.2, 0.25) is 0 Å². The molecule has 0 aliphatic rings. The summed E-state index contributed by atoms with van der Waals surface area (Å²) in [6, 6.07) is 3.82. The van der Waals surface area contributed by atoms with E-state index >= 15 is 0 Å². The first kappa shape index (κ1) is 26.6. The molecule has 0 aromatic heterocycles. The van der Waals surface area contributed by atoms with Crippen LogP contribution in [0.25, 0.3) is 0 Å². The number of halogens is 2.